The fourth-order valence-electron chi connectivity index (χ4n) is 31.1. The first-order chi connectivity index (χ1) is 70.5. The number of para-hydroxylation sites is 8. The van der Waals surface area contributed by atoms with Gasteiger partial charge in [0, 0.05) is 115 Å². The lowest BCUT2D eigenvalue weighted by atomic mass is 9.32. The van der Waals surface area contributed by atoms with E-state index in [9.17, 15) is 0 Å². The number of ether oxygens (including phenoxy) is 1. The van der Waals surface area contributed by atoms with Crippen molar-refractivity contribution in [2.75, 3.05) is 29.4 Å². The van der Waals surface area contributed by atoms with Crippen LogP contribution in [0.2, 0.25) is 0 Å². The Bertz CT molecular complexity index is 7300. The van der Waals surface area contributed by atoms with Gasteiger partial charge in [-0.15, -0.1) is 0 Å². The number of anilines is 16. The van der Waals surface area contributed by atoms with Crippen LogP contribution in [0.4, 0.5) is 91.0 Å². The first-order valence-corrected chi connectivity index (χ1v) is 54.6. The maximum absolute atomic E-state index is 8.93. The molecule has 28 rings (SSSR count). The Morgan fingerprint density at radius 3 is 1.02 bits per heavy atom. The average molecular weight is 1840 g/mol. The largest absolute Gasteiger partial charge is 0.457 e. The fourth-order valence-corrected chi connectivity index (χ4v) is 31.1. The summed E-state index contributed by atoms with van der Waals surface area (Å²) in [7, 11) is 0. The van der Waals surface area contributed by atoms with E-state index < -0.39 is 5.41 Å². The molecule has 142 heavy (non-hydrogen) atoms. The molecular weight excluding hydrogens is 1720 g/mol. The molecule has 0 radical (unpaired) electrons. The zero-order valence-corrected chi connectivity index (χ0v) is 81.7. The SMILES string of the molecule is c1ccc(-c2ccccc2N(c2ccccc2)c2cc3c4c(c2)N(C2C(C5CCCCC5)CCCC2C2CCCCC2)c2cc5c(cc2B4c2ccccc2N3c2ccccc2-c2ccccc2)C2(c3cc4c(cc3O5)N(C3C(C5CCCCC5)CCCC3C3CCCCC3)c3cc(N(c5ccccc5)c5ccccc5)cc5c3B4c3ccccc3N5c3ccccc3)c3ccccc3-c3ccccc32)cc1. The summed E-state index contributed by atoms with van der Waals surface area (Å²) in [5.74, 6) is 6.23. The molecule has 7 nitrogen and oxygen atoms in total. The summed E-state index contributed by atoms with van der Waals surface area (Å²) in [6.07, 6.45) is 33.6. The normalized spacial score (nSPS) is 20.8. The van der Waals surface area contributed by atoms with Gasteiger partial charge in [0.15, 0.2) is 0 Å². The summed E-state index contributed by atoms with van der Waals surface area (Å²) in [5, 5.41) is 0. The van der Waals surface area contributed by atoms with Crippen LogP contribution in [0.25, 0.3) is 33.4 Å². The van der Waals surface area contributed by atoms with E-state index in [0.29, 0.717) is 47.3 Å². The highest BCUT2D eigenvalue weighted by Gasteiger charge is 2.59. The predicted molar refractivity (Wildman–Crippen MR) is 595 cm³/mol. The lowest BCUT2D eigenvalue weighted by Crippen LogP contribution is -2.65. The Morgan fingerprint density at radius 2 is 0.570 bits per heavy atom. The number of rotatable bonds is 16. The predicted octanol–water partition coefficient (Wildman–Crippen LogP) is 31.8. The molecular formula is C133H124B2N6O. The maximum Gasteiger partial charge on any atom is 0.252 e. The number of fused-ring (bicyclic) bond motifs is 17. The standard InChI is InChI=1S/C133H124B2N6O/c1-11-45-89(46-12-1)101-65-33-39-77-117(101)137(97-61-27-9-28-62-97)100-83-124-130-126(84-100)141(132-105(93-53-19-5-20-54-93)71-44-72-106(132)94-55-21-6-22-56-94)122-88-128-112(86-116(122)135(130)114-76-38-42-80-120(114)139(124)118-78-40-34-66-102(118)90-47-13-2-14-48-90)133(109-73-35-31-67-107(109)108-68-32-36-74-110(108)133)111-85-115-121(87-127(111)142-128)140(131-103(91-49-15-3-16-50-91)69-43-70-104(131)92-51-17-4-18-52-92)125-82-99(136(95-57-23-7-24-58-95)96-59-25-8-26-60-96)81-123-129(125)134(115)113-75-37-41-79-119(113)138(123)98-63-29-10-30-64-98/h1-2,7-14,23-42,45-48,57-68,73-88,91-94,103-106,131-132H,3-6,15-22,43-44,49-56,69-72H2. The van der Waals surface area contributed by atoms with Gasteiger partial charge in [-0.1, -0.05) is 408 Å². The summed E-state index contributed by atoms with van der Waals surface area (Å²) in [4.78, 5) is 17.0. The molecule has 0 aromatic heterocycles. The topological polar surface area (TPSA) is 28.7 Å². The molecule has 7 aliphatic carbocycles. The second-order valence-electron chi connectivity index (χ2n) is 43.8. The second-order valence-corrected chi connectivity index (χ2v) is 43.8. The van der Waals surface area contributed by atoms with Crippen molar-refractivity contribution in [1.29, 1.82) is 0 Å². The number of hydrogen-bond donors (Lipinski definition) is 0. The smallest absolute Gasteiger partial charge is 0.252 e. The Hall–Kier alpha value is -13.8. The first-order valence-electron chi connectivity index (χ1n) is 54.6. The molecule has 16 aromatic carbocycles. The van der Waals surface area contributed by atoms with E-state index in [4.69, 9.17) is 4.74 Å². The van der Waals surface area contributed by atoms with Gasteiger partial charge in [-0.2, -0.15) is 0 Å². The molecule has 5 heterocycles. The Kier molecular flexibility index (Phi) is 21.9. The third-order valence-corrected chi connectivity index (χ3v) is 36.7. The van der Waals surface area contributed by atoms with E-state index in [2.05, 4.69) is 406 Å². The van der Waals surface area contributed by atoms with E-state index in [1.54, 1.807) is 0 Å². The van der Waals surface area contributed by atoms with Gasteiger partial charge >= 0.3 is 0 Å². The van der Waals surface area contributed by atoms with Crippen molar-refractivity contribution in [2.45, 2.75) is 184 Å². The minimum Gasteiger partial charge on any atom is -0.457 e. The first kappa shape index (κ1) is 86.2. The summed E-state index contributed by atoms with van der Waals surface area (Å²) >= 11 is 0. The minimum absolute atomic E-state index is 0.176. The third-order valence-electron chi connectivity index (χ3n) is 36.7. The Morgan fingerprint density at radius 1 is 0.232 bits per heavy atom. The Labute approximate surface area is 840 Å². The zero-order chi connectivity index (χ0) is 93.5. The molecule has 0 N–H and O–H groups in total. The molecule has 4 unspecified atom stereocenters. The van der Waals surface area contributed by atoms with Crippen molar-refractivity contribution >= 4 is 137 Å². The fraction of sp³-hybridized carbons (Fsp3) is 0.278. The van der Waals surface area contributed by atoms with Crippen molar-refractivity contribution in [3.05, 3.63) is 398 Å². The second kappa shape index (κ2) is 36.0. The molecule has 6 fully saturated rings. The molecule has 16 aromatic rings. The van der Waals surface area contributed by atoms with E-state index in [0.717, 1.165) is 39.9 Å². The van der Waals surface area contributed by atoms with E-state index in [1.165, 1.54) is 318 Å². The van der Waals surface area contributed by atoms with E-state index in [1.807, 2.05) is 0 Å². The van der Waals surface area contributed by atoms with Gasteiger partial charge in [0.05, 0.1) is 28.2 Å². The summed E-state index contributed by atoms with van der Waals surface area (Å²) < 4.78 is 8.93. The number of benzene rings is 16. The van der Waals surface area contributed by atoms with Gasteiger partial charge in [0.25, 0.3) is 13.4 Å². The average Bonchev–Trinajstić information content (AvgIpc) is 1.47. The van der Waals surface area contributed by atoms with Crippen LogP contribution in [-0.2, 0) is 5.41 Å². The van der Waals surface area contributed by atoms with Crippen LogP contribution in [-0.4, -0.2) is 25.5 Å². The van der Waals surface area contributed by atoms with Crippen molar-refractivity contribution in [2.24, 2.45) is 47.3 Å². The molecule has 0 saturated heterocycles. The summed E-state index contributed by atoms with van der Waals surface area (Å²) in [6, 6.07) is 148. The van der Waals surface area contributed by atoms with Crippen LogP contribution in [0.5, 0.6) is 11.5 Å². The molecule has 4 atom stereocenters. The van der Waals surface area contributed by atoms with Crippen LogP contribution in [0.3, 0.4) is 0 Å². The van der Waals surface area contributed by atoms with Gasteiger partial charge in [-0.25, -0.2) is 0 Å². The van der Waals surface area contributed by atoms with Gasteiger partial charge in [0.2, 0.25) is 0 Å². The highest BCUT2D eigenvalue weighted by Crippen LogP contribution is 2.66. The van der Waals surface area contributed by atoms with Crippen LogP contribution in [0.15, 0.2) is 376 Å². The van der Waals surface area contributed by atoms with Crippen LogP contribution in [0.1, 0.15) is 189 Å². The minimum atomic E-state index is -0.886. The molecule has 9 heteroatoms. The molecule has 5 aliphatic heterocycles. The summed E-state index contributed by atoms with van der Waals surface area (Å²) in [6.45, 7) is -0.402. The van der Waals surface area contributed by atoms with Crippen LogP contribution < -0.4 is 66.9 Å². The summed E-state index contributed by atoms with van der Waals surface area (Å²) in [5.41, 5.74) is 39.3. The quantitative estimate of drug-likeness (QED) is 0.0891. The lowest BCUT2D eigenvalue weighted by molar-refractivity contribution is 0.0839. The van der Waals surface area contributed by atoms with Crippen molar-refractivity contribution in [3.63, 3.8) is 0 Å². The molecule has 6 saturated carbocycles. The molecule has 0 bridgehead atoms. The number of hydrogen-bond acceptors (Lipinski definition) is 7. The van der Waals surface area contributed by atoms with Crippen molar-refractivity contribution in [1.82, 2.24) is 0 Å². The zero-order valence-electron chi connectivity index (χ0n) is 81.7. The monoisotopic (exact) mass is 1840 g/mol. The van der Waals surface area contributed by atoms with Gasteiger partial charge in [0.1, 0.15) is 11.5 Å². The van der Waals surface area contributed by atoms with Crippen LogP contribution in [0, 0.1) is 47.3 Å². The number of nitrogens with zero attached hydrogens (tertiary/aromatic N) is 6. The molecule has 698 valence electrons. The van der Waals surface area contributed by atoms with E-state index >= 15 is 0 Å². The lowest BCUT2D eigenvalue weighted by Gasteiger charge is -2.55. The molecule has 1 spiro atoms. The van der Waals surface area contributed by atoms with Crippen molar-refractivity contribution < 1.29 is 4.74 Å². The highest BCUT2D eigenvalue weighted by molar-refractivity contribution is 7.01. The van der Waals surface area contributed by atoms with Crippen molar-refractivity contribution in [3.8, 4) is 44.9 Å². The van der Waals surface area contributed by atoms with Gasteiger partial charge in [-0.05, 0) is 236 Å². The van der Waals surface area contributed by atoms with Crippen LogP contribution >= 0.6 is 0 Å². The van der Waals surface area contributed by atoms with Gasteiger partial charge in [-0.3, -0.25) is 0 Å². The van der Waals surface area contributed by atoms with E-state index in [-0.39, 0.29) is 25.5 Å². The maximum atomic E-state index is 8.93. The Balaban J connectivity index is 0.758. The highest BCUT2D eigenvalue weighted by atomic mass is 16.5. The molecule has 0 amide bonds. The van der Waals surface area contributed by atoms with Gasteiger partial charge < -0.3 is 34.1 Å². The third kappa shape index (κ3) is 14.0. The molecule has 12 aliphatic rings.